The van der Waals surface area contributed by atoms with Crippen LogP contribution in [-0.2, 0) is 4.79 Å². The number of carbonyl (C=O) groups is 2. The molecule has 0 saturated heterocycles. The number of Topliss-reactive ketones (excluding diaryl/α,β-unsaturated/α-hetero) is 1. The predicted molar refractivity (Wildman–Crippen MR) is 80.1 cm³/mol. The van der Waals surface area contributed by atoms with Gasteiger partial charge in [-0.15, -0.1) is 10.2 Å². The van der Waals surface area contributed by atoms with Gasteiger partial charge in [-0.2, -0.15) is 0 Å². The highest BCUT2D eigenvalue weighted by molar-refractivity contribution is 8.01. The molecule has 0 saturated carbocycles. The van der Waals surface area contributed by atoms with Crippen LogP contribution < -0.4 is 11.1 Å². The zero-order valence-corrected chi connectivity index (χ0v) is 12.6. The first-order chi connectivity index (χ1) is 9.95. The Balaban J connectivity index is 2.03. The van der Waals surface area contributed by atoms with Gasteiger partial charge in [-0.3, -0.25) is 9.59 Å². The zero-order valence-electron chi connectivity index (χ0n) is 10.9. The first-order valence-electron chi connectivity index (χ1n) is 5.78. The number of rotatable bonds is 5. The highest BCUT2D eigenvalue weighted by atomic mass is 32.2. The summed E-state index contributed by atoms with van der Waals surface area (Å²) in [5.41, 5.74) is 5.70. The molecule has 0 radical (unpaired) electrons. The summed E-state index contributed by atoms with van der Waals surface area (Å²) >= 11 is 2.31. The summed E-state index contributed by atoms with van der Waals surface area (Å²) in [5, 5.41) is 10.1. The first-order valence-corrected chi connectivity index (χ1v) is 7.58. The minimum Gasteiger partial charge on any atom is -0.374 e. The Hall–Kier alpha value is -2.00. The third-order valence-corrected chi connectivity index (χ3v) is 4.22. The maximum atomic E-state index is 13.9. The number of anilines is 2. The van der Waals surface area contributed by atoms with Crippen molar-refractivity contribution in [3.8, 4) is 0 Å². The van der Waals surface area contributed by atoms with Crippen molar-refractivity contribution in [2.24, 2.45) is 0 Å². The van der Waals surface area contributed by atoms with Crippen LogP contribution in [0.3, 0.4) is 0 Å². The molecule has 0 atom stereocenters. The number of nitrogens with one attached hydrogen (secondary N) is 1. The average Bonchev–Trinajstić information content (AvgIpc) is 2.81. The van der Waals surface area contributed by atoms with E-state index >= 15 is 0 Å². The summed E-state index contributed by atoms with van der Waals surface area (Å²) in [6.07, 6.45) is 0. The zero-order chi connectivity index (χ0) is 15.4. The Labute approximate surface area is 127 Å². The van der Waals surface area contributed by atoms with Crippen molar-refractivity contribution in [1.82, 2.24) is 10.2 Å². The normalized spacial score (nSPS) is 10.4. The van der Waals surface area contributed by atoms with Gasteiger partial charge in [0.25, 0.3) is 0 Å². The number of thioether (sulfide) groups is 1. The number of aromatic nitrogens is 2. The highest BCUT2D eigenvalue weighted by Crippen LogP contribution is 2.25. The SMILES string of the molecule is CC(=O)Nc1ccc(C(=O)CSc2nnc(N)s2)c(F)c1. The second-order valence-electron chi connectivity index (χ2n) is 3.99. The highest BCUT2D eigenvalue weighted by Gasteiger charge is 2.14. The number of hydrogen-bond donors (Lipinski definition) is 2. The minimum atomic E-state index is -0.677. The van der Waals surface area contributed by atoms with Crippen molar-refractivity contribution in [3.63, 3.8) is 0 Å². The van der Waals surface area contributed by atoms with Gasteiger partial charge in [-0.25, -0.2) is 4.39 Å². The van der Waals surface area contributed by atoms with E-state index in [2.05, 4.69) is 15.5 Å². The molecule has 21 heavy (non-hydrogen) atoms. The van der Waals surface area contributed by atoms with Crippen LogP contribution >= 0.6 is 23.1 Å². The number of nitrogens with zero attached hydrogens (tertiary/aromatic N) is 2. The molecule has 1 heterocycles. The lowest BCUT2D eigenvalue weighted by Gasteiger charge is -2.05. The fraction of sp³-hybridized carbons (Fsp3) is 0.167. The van der Waals surface area contributed by atoms with E-state index in [1.807, 2.05) is 0 Å². The van der Waals surface area contributed by atoms with E-state index in [4.69, 9.17) is 5.73 Å². The quantitative estimate of drug-likeness (QED) is 0.645. The van der Waals surface area contributed by atoms with Gasteiger partial charge < -0.3 is 11.1 Å². The maximum Gasteiger partial charge on any atom is 0.221 e. The van der Waals surface area contributed by atoms with Crippen LogP contribution in [0.25, 0.3) is 0 Å². The fourth-order valence-corrected chi connectivity index (χ4v) is 3.03. The van der Waals surface area contributed by atoms with E-state index in [0.29, 0.717) is 15.2 Å². The van der Waals surface area contributed by atoms with Crippen LogP contribution in [-0.4, -0.2) is 27.6 Å². The summed E-state index contributed by atoms with van der Waals surface area (Å²) in [6, 6.07) is 3.94. The number of nitrogens with two attached hydrogens (primary N) is 1. The lowest BCUT2D eigenvalue weighted by Crippen LogP contribution is -2.09. The molecule has 0 aliphatic carbocycles. The van der Waals surface area contributed by atoms with E-state index in [0.717, 1.165) is 29.2 Å². The third kappa shape index (κ3) is 4.23. The molecular weight excluding hydrogens is 315 g/mol. The molecule has 0 unspecified atom stereocenters. The van der Waals surface area contributed by atoms with Crippen molar-refractivity contribution in [3.05, 3.63) is 29.6 Å². The van der Waals surface area contributed by atoms with Gasteiger partial charge in [-0.1, -0.05) is 23.1 Å². The molecule has 6 nitrogen and oxygen atoms in total. The number of carbonyl (C=O) groups excluding carboxylic acids is 2. The summed E-state index contributed by atoms with van der Waals surface area (Å²) in [6.45, 7) is 1.32. The molecule has 0 fully saturated rings. The van der Waals surface area contributed by atoms with Gasteiger partial charge >= 0.3 is 0 Å². The molecule has 1 aromatic carbocycles. The Bertz CT molecular complexity index is 690. The van der Waals surface area contributed by atoms with Crippen LogP contribution in [0.4, 0.5) is 15.2 Å². The Morgan fingerprint density at radius 1 is 1.43 bits per heavy atom. The Morgan fingerprint density at radius 2 is 2.19 bits per heavy atom. The Morgan fingerprint density at radius 3 is 2.76 bits per heavy atom. The summed E-state index contributed by atoms with van der Waals surface area (Å²) in [4.78, 5) is 22.8. The third-order valence-electron chi connectivity index (χ3n) is 2.34. The van der Waals surface area contributed by atoms with E-state index < -0.39 is 5.82 Å². The molecule has 0 bridgehead atoms. The number of amides is 1. The van der Waals surface area contributed by atoms with Crippen molar-refractivity contribution in [2.45, 2.75) is 11.3 Å². The van der Waals surface area contributed by atoms with Crippen LogP contribution in [0, 0.1) is 5.82 Å². The van der Waals surface area contributed by atoms with Gasteiger partial charge in [0.15, 0.2) is 10.1 Å². The van der Waals surface area contributed by atoms with Gasteiger partial charge in [-0.05, 0) is 18.2 Å². The van der Waals surface area contributed by atoms with E-state index in [9.17, 15) is 14.0 Å². The van der Waals surface area contributed by atoms with Gasteiger partial charge in [0, 0.05) is 12.6 Å². The van der Waals surface area contributed by atoms with Crippen molar-refractivity contribution in [1.29, 1.82) is 0 Å². The topological polar surface area (TPSA) is 98.0 Å². The second kappa shape index (κ2) is 6.64. The van der Waals surface area contributed by atoms with E-state index in [1.54, 1.807) is 0 Å². The molecule has 9 heteroatoms. The Kier molecular flexibility index (Phi) is 4.86. The molecule has 0 spiro atoms. The van der Waals surface area contributed by atoms with Crippen molar-refractivity contribution < 1.29 is 14.0 Å². The number of nitrogen functional groups attached to an aromatic ring is 1. The molecule has 0 aliphatic heterocycles. The molecule has 1 aromatic heterocycles. The molecule has 2 aromatic rings. The molecule has 0 aliphatic rings. The van der Waals surface area contributed by atoms with Gasteiger partial charge in [0.2, 0.25) is 11.0 Å². The van der Waals surface area contributed by atoms with Crippen LogP contribution in [0.15, 0.2) is 22.5 Å². The maximum absolute atomic E-state index is 13.9. The van der Waals surface area contributed by atoms with Crippen LogP contribution in [0.1, 0.15) is 17.3 Å². The smallest absolute Gasteiger partial charge is 0.221 e. The predicted octanol–water partition coefficient (Wildman–Crippen LogP) is 2.19. The summed E-state index contributed by atoms with van der Waals surface area (Å²) < 4.78 is 14.4. The lowest BCUT2D eigenvalue weighted by molar-refractivity contribution is -0.114. The van der Waals surface area contributed by atoms with Crippen LogP contribution in [0.5, 0.6) is 0 Å². The van der Waals surface area contributed by atoms with Crippen molar-refractivity contribution in [2.75, 3.05) is 16.8 Å². The standard InChI is InChI=1S/C12H11FN4O2S2/c1-6(18)15-7-2-3-8(9(13)4-7)10(19)5-20-12-17-16-11(14)21-12/h2-4H,5H2,1H3,(H2,14,16)(H,15,18). The monoisotopic (exact) mass is 326 g/mol. The number of ketones is 1. The number of hydrogen-bond acceptors (Lipinski definition) is 7. The molecule has 1 amide bonds. The fourth-order valence-electron chi connectivity index (χ4n) is 1.51. The van der Waals surface area contributed by atoms with Gasteiger partial charge in [0.05, 0.1) is 11.3 Å². The number of halogens is 1. The summed E-state index contributed by atoms with van der Waals surface area (Å²) in [7, 11) is 0. The molecule has 2 rings (SSSR count). The number of benzene rings is 1. The van der Waals surface area contributed by atoms with E-state index in [-0.39, 0.29) is 23.0 Å². The molecule has 110 valence electrons. The first kappa shape index (κ1) is 15.4. The molecular formula is C12H11FN4O2S2. The van der Waals surface area contributed by atoms with Gasteiger partial charge in [0.1, 0.15) is 5.82 Å². The van der Waals surface area contributed by atoms with E-state index in [1.165, 1.54) is 19.1 Å². The largest absolute Gasteiger partial charge is 0.374 e. The average molecular weight is 326 g/mol. The second-order valence-corrected chi connectivity index (χ2v) is 6.23. The molecule has 3 N–H and O–H groups in total. The lowest BCUT2D eigenvalue weighted by atomic mass is 10.1. The van der Waals surface area contributed by atoms with Crippen LogP contribution in [0.2, 0.25) is 0 Å². The minimum absolute atomic E-state index is 0.0328. The van der Waals surface area contributed by atoms with Crippen molar-refractivity contribution >= 4 is 45.6 Å². The summed E-state index contributed by atoms with van der Waals surface area (Å²) in [5.74, 6) is -1.33.